The lowest BCUT2D eigenvalue weighted by Gasteiger charge is -2.14. The molecule has 2 aromatic carbocycles. The zero-order chi connectivity index (χ0) is 13.7. The molecule has 2 aromatic rings. The van der Waals surface area contributed by atoms with Gasteiger partial charge in [-0.25, -0.2) is 4.85 Å². The van der Waals surface area contributed by atoms with Gasteiger partial charge < -0.3 is 0 Å². The first kappa shape index (κ1) is 13.0. The largest absolute Gasteiger partial charge is 0.238 e. The first-order valence-electron chi connectivity index (χ1n) is 5.52. The first-order chi connectivity index (χ1) is 9.26. The summed E-state index contributed by atoms with van der Waals surface area (Å²) >= 11 is 5.97. The van der Waals surface area contributed by atoms with Crippen molar-refractivity contribution in [3.63, 3.8) is 0 Å². The molecule has 1 unspecified atom stereocenters. The Balaban J connectivity index is 2.61. The molecule has 0 heterocycles. The Morgan fingerprint density at radius 2 is 1.89 bits per heavy atom. The highest BCUT2D eigenvalue weighted by Gasteiger charge is 2.16. The number of azide groups is 1. The van der Waals surface area contributed by atoms with E-state index in [1.807, 2.05) is 30.3 Å². The van der Waals surface area contributed by atoms with Crippen LogP contribution in [0.1, 0.15) is 17.2 Å². The molecule has 1 atom stereocenters. The average molecular weight is 269 g/mol. The number of hydrogen-bond donors (Lipinski definition) is 0. The summed E-state index contributed by atoms with van der Waals surface area (Å²) in [4.78, 5) is 6.32. The molecule has 0 radical (unpaired) electrons. The van der Waals surface area contributed by atoms with Gasteiger partial charge in [0.25, 0.3) is 0 Å². The fourth-order valence-electron chi connectivity index (χ4n) is 1.84. The Bertz CT molecular complexity index is 670. The highest BCUT2D eigenvalue weighted by molar-refractivity contribution is 6.30. The summed E-state index contributed by atoms with van der Waals surface area (Å²) in [6, 6.07) is 13.7. The van der Waals surface area contributed by atoms with Crippen molar-refractivity contribution in [2.45, 2.75) is 6.04 Å². The van der Waals surface area contributed by atoms with Crippen molar-refractivity contribution in [2.75, 3.05) is 0 Å². The SMILES string of the molecule is [C-]#[N+]c1ccc(Cl)cc1C(N=[N+]=[N-])c1ccccc1. The van der Waals surface area contributed by atoms with Gasteiger partial charge in [-0.1, -0.05) is 65.2 Å². The van der Waals surface area contributed by atoms with Crippen molar-refractivity contribution >= 4 is 17.3 Å². The Kier molecular flexibility index (Phi) is 4.04. The van der Waals surface area contributed by atoms with Gasteiger partial charge in [0.2, 0.25) is 0 Å². The fourth-order valence-corrected chi connectivity index (χ4v) is 2.02. The van der Waals surface area contributed by atoms with Crippen LogP contribution >= 0.6 is 11.6 Å². The lowest BCUT2D eigenvalue weighted by atomic mass is 9.98. The van der Waals surface area contributed by atoms with Crippen molar-refractivity contribution in [1.82, 2.24) is 0 Å². The van der Waals surface area contributed by atoms with Crippen LogP contribution in [0, 0.1) is 6.57 Å². The van der Waals surface area contributed by atoms with Crippen LogP contribution in [0.4, 0.5) is 5.69 Å². The molecular formula is C14H9ClN4. The second kappa shape index (κ2) is 5.92. The highest BCUT2D eigenvalue weighted by Crippen LogP contribution is 2.35. The summed E-state index contributed by atoms with van der Waals surface area (Å²) in [5.41, 5.74) is 10.6. The van der Waals surface area contributed by atoms with Gasteiger partial charge in [0.05, 0.1) is 12.6 Å². The van der Waals surface area contributed by atoms with Crippen LogP contribution in [0.2, 0.25) is 5.02 Å². The maximum atomic E-state index is 8.74. The van der Waals surface area contributed by atoms with Crippen molar-refractivity contribution in [1.29, 1.82) is 0 Å². The molecule has 2 rings (SSSR count). The van der Waals surface area contributed by atoms with Gasteiger partial charge in [-0.3, -0.25) is 0 Å². The Morgan fingerprint density at radius 1 is 1.16 bits per heavy atom. The molecule has 19 heavy (non-hydrogen) atoms. The highest BCUT2D eigenvalue weighted by atomic mass is 35.5. The van der Waals surface area contributed by atoms with E-state index in [1.54, 1.807) is 18.2 Å². The third kappa shape index (κ3) is 2.86. The fraction of sp³-hybridized carbons (Fsp3) is 0.0714. The molecule has 0 bridgehead atoms. The number of hydrogen-bond acceptors (Lipinski definition) is 1. The van der Waals surface area contributed by atoms with E-state index in [1.165, 1.54) is 0 Å². The second-order valence-electron chi connectivity index (χ2n) is 3.83. The van der Waals surface area contributed by atoms with E-state index in [2.05, 4.69) is 14.9 Å². The molecule has 0 saturated heterocycles. The summed E-state index contributed by atoms with van der Waals surface area (Å²) in [6.07, 6.45) is 0. The normalized spacial score (nSPS) is 11.2. The smallest absolute Gasteiger partial charge is 0.191 e. The summed E-state index contributed by atoms with van der Waals surface area (Å²) in [5, 5.41) is 4.30. The van der Waals surface area contributed by atoms with E-state index in [9.17, 15) is 0 Å². The van der Waals surface area contributed by atoms with E-state index >= 15 is 0 Å². The van der Waals surface area contributed by atoms with Crippen molar-refractivity contribution in [3.8, 4) is 0 Å². The Labute approximate surface area is 115 Å². The molecule has 0 saturated carbocycles. The van der Waals surface area contributed by atoms with Crippen LogP contribution in [0.15, 0.2) is 53.6 Å². The minimum Gasteiger partial charge on any atom is -0.238 e. The van der Waals surface area contributed by atoms with Crippen molar-refractivity contribution in [2.24, 2.45) is 5.11 Å². The molecular weight excluding hydrogens is 260 g/mol. The maximum Gasteiger partial charge on any atom is 0.191 e. The molecule has 0 spiro atoms. The zero-order valence-electron chi connectivity index (χ0n) is 9.86. The predicted octanol–water partition coefficient (Wildman–Crippen LogP) is 5.29. The van der Waals surface area contributed by atoms with Gasteiger partial charge in [0, 0.05) is 9.93 Å². The topological polar surface area (TPSA) is 53.1 Å². The van der Waals surface area contributed by atoms with Crippen LogP contribution < -0.4 is 0 Å². The summed E-state index contributed by atoms with van der Waals surface area (Å²) in [6.45, 7) is 7.19. The number of benzene rings is 2. The second-order valence-corrected chi connectivity index (χ2v) is 4.27. The summed E-state index contributed by atoms with van der Waals surface area (Å²) < 4.78 is 0. The van der Waals surface area contributed by atoms with Gasteiger partial charge in [0.15, 0.2) is 5.69 Å². The van der Waals surface area contributed by atoms with Gasteiger partial charge in [0.1, 0.15) is 0 Å². The Hall–Kier alpha value is -2.47. The van der Waals surface area contributed by atoms with Gasteiger partial charge in [-0.05, 0) is 16.7 Å². The zero-order valence-corrected chi connectivity index (χ0v) is 10.6. The summed E-state index contributed by atoms with van der Waals surface area (Å²) in [7, 11) is 0. The number of rotatable bonds is 3. The first-order valence-corrected chi connectivity index (χ1v) is 5.90. The van der Waals surface area contributed by atoms with Crippen LogP contribution in [0.5, 0.6) is 0 Å². The van der Waals surface area contributed by atoms with Crippen LogP contribution in [0.3, 0.4) is 0 Å². The van der Waals surface area contributed by atoms with Crippen LogP contribution in [-0.4, -0.2) is 0 Å². The molecule has 0 amide bonds. The Morgan fingerprint density at radius 3 is 2.53 bits per heavy atom. The van der Waals surface area contributed by atoms with E-state index < -0.39 is 6.04 Å². The van der Waals surface area contributed by atoms with E-state index in [-0.39, 0.29) is 0 Å². The lowest BCUT2D eigenvalue weighted by molar-refractivity contribution is 0.863. The van der Waals surface area contributed by atoms with Gasteiger partial charge in [-0.2, -0.15) is 0 Å². The molecule has 0 N–H and O–H groups in total. The molecule has 4 nitrogen and oxygen atoms in total. The third-order valence-corrected chi connectivity index (χ3v) is 2.92. The molecule has 0 fully saturated rings. The number of halogens is 1. The van der Waals surface area contributed by atoms with E-state index in [0.29, 0.717) is 16.3 Å². The molecule has 0 aliphatic carbocycles. The van der Waals surface area contributed by atoms with Crippen molar-refractivity contribution in [3.05, 3.63) is 86.5 Å². The average Bonchev–Trinajstić information content (AvgIpc) is 2.45. The van der Waals surface area contributed by atoms with Gasteiger partial charge in [-0.15, -0.1) is 0 Å². The third-order valence-electron chi connectivity index (χ3n) is 2.69. The molecule has 92 valence electrons. The molecule has 0 aromatic heterocycles. The molecule has 0 aliphatic rings. The van der Waals surface area contributed by atoms with Gasteiger partial charge >= 0.3 is 0 Å². The molecule has 0 aliphatic heterocycles. The quantitative estimate of drug-likeness (QED) is 0.314. The lowest BCUT2D eigenvalue weighted by Crippen LogP contribution is -1.97. The monoisotopic (exact) mass is 268 g/mol. The summed E-state index contributed by atoms with van der Waals surface area (Å²) in [5.74, 6) is 0. The molecule has 5 heteroatoms. The minimum absolute atomic E-state index is 0.436. The van der Waals surface area contributed by atoms with E-state index in [4.69, 9.17) is 23.7 Å². The van der Waals surface area contributed by atoms with Crippen LogP contribution in [0.25, 0.3) is 15.3 Å². The van der Waals surface area contributed by atoms with E-state index in [0.717, 1.165) is 5.56 Å². The maximum absolute atomic E-state index is 8.74. The van der Waals surface area contributed by atoms with Crippen LogP contribution in [-0.2, 0) is 0 Å². The predicted molar refractivity (Wildman–Crippen MR) is 75.1 cm³/mol. The standard InChI is InChI=1S/C14H9ClN4/c1-17-13-8-7-11(15)9-12(13)14(18-19-16)10-5-3-2-4-6-10/h2-9,14H. The van der Waals surface area contributed by atoms with Crippen molar-refractivity contribution < 1.29 is 0 Å². The number of nitrogens with zero attached hydrogens (tertiary/aromatic N) is 4. The minimum atomic E-state index is -0.547.